The molecule has 1 saturated carbocycles. The molecule has 8 heteroatoms. The molecule has 37 heavy (non-hydrogen) atoms. The minimum absolute atomic E-state index is 0.184. The predicted molar refractivity (Wildman–Crippen MR) is 140 cm³/mol. The Balaban J connectivity index is 0.000000514. The Kier molecular flexibility index (Phi) is 6.28. The molecule has 0 unspecified atom stereocenters. The van der Waals surface area contributed by atoms with Gasteiger partial charge in [-0.05, 0) is 42.0 Å². The second kappa shape index (κ2) is 9.70. The highest BCUT2D eigenvalue weighted by molar-refractivity contribution is 6.09. The topological polar surface area (TPSA) is 119 Å². The van der Waals surface area contributed by atoms with Gasteiger partial charge in [0, 0.05) is 41.6 Å². The van der Waals surface area contributed by atoms with E-state index >= 15 is 0 Å². The fraction of sp³-hybridized carbons (Fsp3) is 0.207. The second-order valence-corrected chi connectivity index (χ2v) is 9.11. The molecule has 2 aliphatic rings. The van der Waals surface area contributed by atoms with Gasteiger partial charge in [-0.2, -0.15) is 5.26 Å². The minimum atomic E-state index is -0.995. The summed E-state index contributed by atoms with van der Waals surface area (Å²) in [6.07, 6.45) is 5.51. The monoisotopic (exact) mass is 491 g/mol. The molecule has 3 heterocycles. The van der Waals surface area contributed by atoms with Crippen LogP contribution < -0.4 is 10.2 Å². The molecule has 0 radical (unpaired) electrons. The maximum Gasteiger partial charge on any atom is 0.404 e. The number of benzene rings is 2. The third-order valence-corrected chi connectivity index (χ3v) is 7.14. The van der Waals surface area contributed by atoms with E-state index in [0.717, 1.165) is 58.1 Å². The van der Waals surface area contributed by atoms with Crippen molar-refractivity contribution in [1.82, 2.24) is 15.3 Å². The van der Waals surface area contributed by atoms with Crippen LogP contribution >= 0.6 is 0 Å². The lowest BCUT2D eigenvalue weighted by Crippen LogP contribution is -2.45. The first kappa shape index (κ1) is 23.9. The molecule has 2 N–H and O–H groups in total. The van der Waals surface area contributed by atoms with Crippen molar-refractivity contribution in [2.75, 3.05) is 11.9 Å². The largest absolute Gasteiger partial charge is 0.465 e. The molecule has 0 bridgehead atoms. The molecule has 6 rings (SSSR count). The molecule has 0 saturated heterocycles. The minimum Gasteiger partial charge on any atom is -0.465 e. The molecule has 1 spiro atoms. The van der Waals surface area contributed by atoms with Crippen LogP contribution in [0.15, 0.2) is 73.1 Å². The maximum absolute atomic E-state index is 13.6. The zero-order chi connectivity index (χ0) is 26.0. The van der Waals surface area contributed by atoms with Crippen LogP contribution in [0.3, 0.4) is 0 Å². The smallest absolute Gasteiger partial charge is 0.404 e. The van der Waals surface area contributed by atoms with Crippen molar-refractivity contribution in [2.24, 2.45) is 0 Å². The van der Waals surface area contributed by atoms with Crippen LogP contribution in [0.25, 0.3) is 21.9 Å². The summed E-state index contributed by atoms with van der Waals surface area (Å²) in [7, 11) is 1.35. The van der Waals surface area contributed by atoms with Crippen molar-refractivity contribution >= 4 is 28.5 Å². The van der Waals surface area contributed by atoms with E-state index in [2.05, 4.69) is 23.2 Å². The number of aromatic nitrogens is 2. The number of nitriles is 1. The highest BCUT2D eigenvalue weighted by Gasteiger charge is 2.54. The van der Waals surface area contributed by atoms with Gasteiger partial charge in [-0.25, -0.2) is 9.78 Å². The van der Waals surface area contributed by atoms with E-state index in [0.29, 0.717) is 12.2 Å². The highest BCUT2D eigenvalue weighted by atomic mass is 16.4. The predicted octanol–water partition coefficient (Wildman–Crippen LogP) is 5.02. The number of carboxylic acid groups (broad SMARTS) is 1. The Morgan fingerprint density at radius 2 is 1.81 bits per heavy atom. The van der Waals surface area contributed by atoms with Crippen LogP contribution in [0, 0.1) is 11.3 Å². The van der Waals surface area contributed by atoms with E-state index in [1.807, 2.05) is 58.9 Å². The van der Waals surface area contributed by atoms with Crippen LogP contribution in [0.2, 0.25) is 0 Å². The van der Waals surface area contributed by atoms with E-state index in [4.69, 9.17) is 15.4 Å². The number of pyridine rings is 2. The number of carbonyl (C=O) groups excluding carboxylic acids is 1. The van der Waals surface area contributed by atoms with Crippen LogP contribution in [0.1, 0.15) is 36.2 Å². The zero-order valence-corrected chi connectivity index (χ0v) is 20.3. The van der Waals surface area contributed by atoms with Gasteiger partial charge in [-0.1, -0.05) is 48.9 Å². The Hall–Kier alpha value is -4.77. The Morgan fingerprint density at radius 1 is 1.08 bits per heavy atom. The van der Waals surface area contributed by atoms with Gasteiger partial charge in [0.15, 0.2) is 0 Å². The van der Waals surface area contributed by atoms with Gasteiger partial charge >= 0.3 is 6.09 Å². The lowest BCUT2D eigenvalue weighted by Gasteiger charge is -2.37. The fourth-order valence-electron chi connectivity index (χ4n) is 5.17. The Labute approximate surface area is 214 Å². The first-order valence-electron chi connectivity index (χ1n) is 12.0. The van der Waals surface area contributed by atoms with Gasteiger partial charge in [0.2, 0.25) is 5.91 Å². The number of anilines is 1. The quantitative estimate of drug-likeness (QED) is 0.415. The number of hydrogen-bond donors (Lipinski definition) is 2. The lowest BCUT2D eigenvalue weighted by atomic mass is 9.65. The van der Waals surface area contributed by atoms with Crippen LogP contribution in [0.5, 0.6) is 0 Å². The standard InChI is InChI=1S/C27H20N4O.C2H5NO2/c28-14-20-11-10-19(16-29-20)25-21-7-2-1-6-18(21)15-30-23(25)17-31-24-9-4-3-8-22(24)27(26(31)32)12-5-13-27;1-3-2(4)5/h1-4,6-11,15-16H,5,12-13,17H2;3H,1H3,(H,4,5). The third kappa shape index (κ3) is 4.15. The fourth-order valence-corrected chi connectivity index (χ4v) is 5.17. The first-order valence-corrected chi connectivity index (χ1v) is 12.0. The summed E-state index contributed by atoms with van der Waals surface area (Å²) in [5.41, 5.74) is 4.84. The summed E-state index contributed by atoms with van der Waals surface area (Å²) in [5.74, 6) is 0.184. The molecular formula is C29H25N5O3. The van der Waals surface area contributed by atoms with E-state index in [1.54, 1.807) is 12.3 Å². The van der Waals surface area contributed by atoms with Gasteiger partial charge < -0.3 is 15.3 Å². The van der Waals surface area contributed by atoms with Crippen molar-refractivity contribution in [3.63, 3.8) is 0 Å². The maximum atomic E-state index is 13.6. The molecule has 2 amide bonds. The van der Waals surface area contributed by atoms with Crippen molar-refractivity contribution in [2.45, 2.75) is 31.2 Å². The van der Waals surface area contributed by atoms with Crippen molar-refractivity contribution < 1.29 is 14.7 Å². The molecular weight excluding hydrogens is 466 g/mol. The highest BCUT2D eigenvalue weighted by Crippen LogP contribution is 2.53. The summed E-state index contributed by atoms with van der Waals surface area (Å²) in [6, 6.07) is 22.0. The van der Waals surface area contributed by atoms with E-state index in [9.17, 15) is 9.59 Å². The molecule has 184 valence electrons. The molecule has 2 aromatic heterocycles. The Morgan fingerprint density at radius 3 is 2.46 bits per heavy atom. The van der Waals surface area contributed by atoms with Gasteiger partial charge in [-0.3, -0.25) is 9.78 Å². The van der Waals surface area contributed by atoms with Gasteiger partial charge in [0.05, 0.1) is 17.7 Å². The SMILES string of the molecule is CNC(=O)O.N#Cc1ccc(-c2c(CN3C(=O)C4(CCC4)c4ccccc43)ncc3ccccc23)cn1. The van der Waals surface area contributed by atoms with Gasteiger partial charge in [0.1, 0.15) is 11.8 Å². The van der Waals surface area contributed by atoms with Crippen molar-refractivity contribution in [3.05, 3.63) is 90.0 Å². The van der Waals surface area contributed by atoms with E-state index in [1.165, 1.54) is 7.05 Å². The average Bonchev–Trinajstić information content (AvgIpc) is 3.17. The summed E-state index contributed by atoms with van der Waals surface area (Å²) in [6.45, 7) is 0.401. The lowest BCUT2D eigenvalue weighted by molar-refractivity contribution is -0.126. The van der Waals surface area contributed by atoms with Crippen molar-refractivity contribution in [1.29, 1.82) is 5.26 Å². The number of carbonyl (C=O) groups is 2. The molecule has 4 aromatic rings. The molecule has 1 aliphatic carbocycles. The number of nitrogens with one attached hydrogen (secondary N) is 1. The van der Waals surface area contributed by atoms with Crippen LogP contribution in [-0.4, -0.2) is 34.1 Å². The molecule has 0 atom stereocenters. The van der Waals surface area contributed by atoms with E-state index in [-0.39, 0.29) is 11.3 Å². The molecule has 8 nitrogen and oxygen atoms in total. The molecule has 1 aliphatic heterocycles. The summed E-state index contributed by atoms with van der Waals surface area (Å²) < 4.78 is 0. The third-order valence-electron chi connectivity index (χ3n) is 7.14. The van der Waals surface area contributed by atoms with Crippen LogP contribution in [-0.2, 0) is 16.8 Å². The number of hydrogen-bond acceptors (Lipinski definition) is 5. The number of nitrogens with zero attached hydrogens (tertiary/aromatic N) is 4. The Bertz CT molecular complexity index is 1540. The first-order chi connectivity index (χ1) is 18.0. The number of amides is 2. The number of rotatable bonds is 3. The number of fused-ring (bicyclic) bond motifs is 3. The molecule has 1 fully saturated rings. The number of para-hydroxylation sites is 1. The summed E-state index contributed by atoms with van der Waals surface area (Å²) >= 11 is 0. The van der Waals surface area contributed by atoms with Crippen LogP contribution in [0.4, 0.5) is 10.5 Å². The summed E-state index contributed by atoms with van der Waals surface area (Å²) in [5, 5.41) is 20.8. The van der Waals surface area contributed by atoms with Gasteiger partial charge in [-0.15, -0.1) is 0 Å². The van der Waals surface area contributed by atoms with Crippen molar-refractivity contribution in [3.8, 4) is 17.2 Å². The van der Waals surface area contributed by atoms with E-state index < -0.39 is 6.09 Å². The second-order valence-electron chi connectivity index (χ2n) is 9.11. The zero-order valence-electron chi connectivity index (χ0n) is 20.3. The average molecular weight is 492 g/mol. The summed E-state index contributed by atoms with van der Waals surface area (Å²) in [4.78, 5) is 33.9. The van der Waals surface area contributed by atoms with Gasteiger partial charge in [0.25, 0.3) is 0 Å². The molecule has 2 aromatic carbocycles. The normalized spacial score (nSPS) is 14.8.